The second kappa shape index (κ2) is 6.43. The van der Waals surface area contributed by atoms with Crippen molar-refractivity contribution in [3.63, 3.8) is 0 Å². The Morgan fingerprint density at radius 2 is 1.95 bits per heavy atom. The van der Waals surface area contributed by atoms with Crippen molar-refractivity contribution in [2.75, 3.05) is 18.2 Å². The first kappa shape index (κ1) is 14.4. The summed E-state index contributed by atoms with van der Waals surface area (Å²) in [6, 6.07) is 14.2. The largest absolute Gasteiger partial charge is 0.467 e. The van der Waals surface area contributed by atoms with Gasteiger partial charge in [0.05, 0.1) is 18.5 Å². The number of hydrogen-bond acceptors (Lipinski definition) is 4. The first-order valence-corrected chi connectivity index (χ1v) is 6.85. The highest BCUT2D eigenvalue weighted by Crippen LogP contribution is 2.28. The molecule has 0 fully saturated rings. The topological polar surface area (TPSA) is 64.3 Å². The van der Waals surface area contributed by atoms with E-state index in [1.54, 1.807) is 6.07 Å². The van der Waals surface area contributed by atoms with Crippen LogP contribution in [0.3, 0.4) is 0 Å². The van der Waals surface area contributed by atoms with Gasteiger partial charge in [0.2, 0.25) is 0 Å². The highest BCUT2D eigenvalue weighted by atomic mass is 79.9. The quantitative estimate of drug-likeness (QED) is 0.664. The summed E-state index contributed by atoms with van der Waals surface area (Å²) in [6.07, 6.45) is 0. The van der Waals surface area contributed by atoms with Gasteiger partial charge in [-0.1, -0.05) is 46.3 Å². The van der Waals surface area contributed by atoms with Crippen LogP contribution in [-0.4, -0.2) is 13.1 Å². The molecule has 5 heteroatoms. The van der Waals surface area contributed by atoms with Crippen LogP contribution in [0, 0.1) is 0 Å². The molecular formula is C15H15BrN2O2. The molecule has 1 unspecified atom stereocenters. The number of nitrogen functional groups attached to an aromatic ring is 1. The number of nitrogens with two attached hydrogens (primary N) is 1. The maximum atomic E-state index is 12.0. The van der Waals surface area contributed by atoms with Gasteiger partial charge >= 0.3 is 5.97 Å². The number of hydrogen-bond donors (Lipinski definition) is 2. The summed E-state index contributed by atoms with van der Waals surface area (Å²) in [7, 11) is 1.37. The Hall–Kier alpha value is -2.01. The number of carbonyl (C=O) groups excluding carboxylic acids is 1. The molecule has 0 aliphatic heterocycles. The number of halogens is 1. The molecule has 0 amide bonds. The molecule has 0 bridgehead atoms. The first-order valence-electron chi connectivity index (χ1n) is 6.06. The van der Waals surface area contributed by atoms with Crippen LogP contribution in [0.5, 0.6) is 0 Å². The number of benzene rings is 2. The van der Waals surface area contributed by atoms with Gasteiger partial charge in [0.15, 0.2) is 6.04 Å². The third-order valence-electron chi connectivity index (χ3n) is 2.88. The van der Waals surface area contributed by atoms with Crippen molar-refractivity contribution in [3.8, 4) is 0 Å². The number of methoxy groups -OCH3 is 1. The van der Waals surface area contributed by atoms with Gasteiger partial charge in [0, 0.05) is 4.47 Å². The molecule has 4 nitrogen and oxygen atoms in total. The predicted molar refractivity (Wildman–Crippen MR) is 83.4 cm³/mol. The third-order valence-corrected chi connectivity index (χ3v) is 3.38. The monoisotopic (exact) mass is 334 g/mol. The van der Waals surface area contributed by atoms with E-state index < -0.39 is 6.04 Å². The van der Waals surface area contributed by atoms with Gasteiger partial charge in [-0.05, 0) is 23.8 Å². The molecule has 0 heterocycles. The minimum Gasteiger partial charge on any atom is -0.467 e. The lowest BCUT2D eigenvalue weighted by Crippen LogP contribution is -2.22. The number of carbonyl (C=O) groups is 1. The SMILES string of the molecule is COC(=O)C(Nc1cc(Br)ccc1N)c1ccccc1. The van der Waals surface area contributed by atoms with E-state index >= 15 is 0 Å². The minimum atomic E-state index is -0.599. The Balaban J connectivity index is 2.34. The maximum absolute atomic E-state index is 12.0. The maximum Gasteiger partial charge on any atom is 0.332 e. The van der Waals surface area contributed by atoms with Gasteiger partial charge in [-0.3, -0.25) is 0 Å². The molecule has 3 N–H and O–H groups in total. The average Bonchev–Trinajstić information content (AvgIpc) is 2.48. The molecule has 0 saturated heterocycles. The van der Waals surface area contributed by atoms with Crippen molar-refractivity contribution in [1.82, 2.24) is 0 Å². The van der Waals surface area contributed by atoms with Crippen molar-refractivity contribution in [2.45, 2.75) is 6.04 Å². The Bertz CT molecular complexity index is 602. The van der Waals surface area contributed by atoms with Gasteiger partial charge in [-0.2, -0.15) is 0 Å². The Labute approximate surface area is 126 Å². The van der Waals surface area contributed by atoms with Crippen LogP contribution in [-0.2, 0) is 9.53 Å². The fourth-order valence-corrected chi connectivity index (χ4v) is 2.21. The second-order valence-corrected chi connectivity index (χ2v) is 5.16. The summed E-state index contributed by atoms with van der Waals surface area (Å²) in [5, 5.41) is 3.13. The van der Waals surface area contributed by atoms with E-state index in [1.807, 2.05) is 42.5 Å². The Morgan fingerprint density at radius 1 is 1.25 bits per heavy atom. The minimum absolute atomic E-state index is 0.365. The number of ether oxygens (including phenoxy) is 1. The van der Waals surface area contributed by atoms with E-state index in [4.69, 9.17) is 10.5 Å². The van der Waals surface area contributed by atoms with Gasteiger partial charge < -0.3 is 15.8 Å². The highest BCUT2D eigenvalue weighted by Gasteiger charge is 2.21. The van der Waals surface area contributed by atoms with Crippen molar-refractivity contribution >= 4 is 33.3 Å². The molecule has 0 radical (unpaired) electrons. The van der Waals surface area contributed by atoms with Crippen molar-refractivity contribution in [1.29, 1.82) is 0 Å². The summed E-state index contributed by atoms with van der Waals surface area (Å²) in [4.78, 5) is 12.0. The molecule has 0 aromatic heterocycles. The zero-order chi connectivity index (χ0) is 14.5. The number of esters is 1. The molecule has 104 valence electrons. The molecule has 0 saturated carbocycles. The van der Waals surface area contributed by atoms with Crippen LogP contribution >= 0.6 is 15.9 Å². The highest BCUT2D eigenvalue weighted by molar-refractivity contribution is 9.10. The molecule has 0 aliphatic rings. The van der Waals surface area contributed by atoms with E-state index in [-0.39, 0.29) is 5.97 Å². The van der Waals surface area contributed by atoms with Crippen LogP contribution in [0.4, 0.5) is 11.4 Å². The van der Waals surface area contributed by atoms with Gasteiger partial charge in [0.1, 0.15) is 0 Å². The number of rotatable bonds is 4. The van der Waals surface area contributed by atoms with Gasteiger partial charge in [-0.15, -0.1) is 0 Å². The van der Waals surface area contributed by atoms with Crippen LogP contribution < -0.4 is 11.1 Å². The average molecular weight is 335 g/mol. The predicted octanol–water partition coefficient (Wildman–Crippen LogP) is 3.36. The molecule has 0 spiro atoms. The van der Waals surface area contributed by atoms with Crippen molar-refractivity contribution in [3.05, 3.63) is 58.6 Å². The standard InChI is InChI=1S/C15H15BrN2O2/c1-20-15(19)14(10-5-3-2-4-6-10)18-13-9-11(16)7-8-12(13)17/h2-9,14,18H,17H2,1H3. The van der Waals surface area contributed by atoms with Gasteiger partial charge in [0.25, 0.3) is 0 Å². The number of nitrogens with one attached hydrogen (secondary N) is 1. The zero-order valence-corrected chi connectivity index (χ0v) is 12.6. The number of anilines is 2. The van der Waals surface area contributed by atoms with E-state index in [1.165, 1.54) is 7.11 Å². The summed E-state index contributed by atoms with van der Waals surface area (Å²) in [6.45, 7) is 0. The summed E-state index contributed by atoms with van der Waals surface area (Å²) in [5.41, 5.74) is 7.99. The molecule has 2 aromatic carbocycles. The summed E-state index contributed by atoms with van der Waals surface area (Å²) < 4.78 is 5.74. The molecular weight excluding hydrogens is 320 g/mol. The Morgan fingerprint density at radius 3 is 2.60 bits per heavy atom. The molecule has 2 rings (SSSR count). The van der Waals surface area contributed by atoms with E-state index in [0.29, 0.717) is 11.4 Å². The molecule has 0 aliphatic carbocycles. The lowest BCUT2D eigenvalue weighted by atomic mass is 10.1. The van der Waals surface area contributed by atoms with E-state index in [9.17, 15) is 4.79 Å². The van der Waals surface area contributed by atoms with E-state index in [0.717, 1.165) is 10.0 Å². The lowest BCUT2D eigenvalue weighted by Gasteiger charge is -2.19. The summed E-state index contributed by atoms with van der Waals surface area (Å²) >= 11 is 3.38. The van der Waals surface area contributed by atoms with Crippen LogP contribution in [0.25, 0.3) is 0 Å². The lowest BCUT2D eigenvalue weighted by molar-refractivity contribution is -0.141. The Kier molecular flexibility index (Phi) is 4.63. The molecule has 1 atom stereocenters. The fourth-order valence-electron chi connectivity index (χ4n) is 1.85. The van der Waals surface area contributed by atoms with Crippen LogP contribution in [0.2, 0.25) is 0 Å². The summed E-state index contributed by atoms with van der Waals surface area (Å²) in [5.74, 6) is -0.365. The van der Waals surface area contributed by atoms with Crippen molar-refractivity contribution in [2.24, 2.45) is 0 Å². The third kappa shape index (κ3) is 3.30. The van der Waals surface area contributed by atoms with Gasteiger partial charge in [-0.25, -0.2) is 4.79 Å². The molecule has 2 aromatic rings. The first-order chi connectivity index (χ1) is 9.61. The van der Waals surface area contributed by atoms with Crippen LogP contribution in [0.1, 0.15) is 11.6 Å². The van der Waals surface area contributed by atoms with Crippen LogP contribution in [0.15, 0.2) is 53.0 Å². The van der Waals surface area contributed by atoms with E-state index in [2.05, 4.69) is 21.2 Å². The smallest absolute Gasteiger partial charge is 0.332 e. The fraction of sp³-hybridized carbons (Fsp3) is 0.133. The second-order valence-electron chi connectivity index (χ2n) is 4.24. The molecule has 20 heavy (non-hydrogen) atoms. The van der Waals surface area contributed by atoms with Crippen molar-refractivity contribution < 1.29 is 9.53 Å². The normalized spacial score (nSPS) is 11.7. The zero-order valence-electron chi connectivity index (χ0n) is 11.0.